The summed E-state index contributed by atoms with van der Waals surface area (Å²) >= 11 is 0. The van der Waals surface area contributed by atoms with Gasteiger partial charge in [-0.3, -0.25) is 0 Å². The Morgan fingerprint density at radius 2 is 0.913 bits per heavy atom. The van der Waals surface area contributed by atoms with E-state index in [4.69, 9.17) is 5.11 Å². The van der Waals surface area contributed by atoms with Gasteiger partial charge in [0.1, 0.15) is 0 Å². The molecule has 2 unspecified atom stereocenters. The van der Waals surface area contributed by atoms with Crippen molar-refractivity contribution in [3.8, 4) is 0 Å². The van der Waals surface area contributed by atoms with Crippen molar-refractivity contribution in [1.82, 2.24) is 0 Å². The van der Waals surface area contributed by atoms with Crippen LogP contribution in [0.5, 0.6) is 0 Å². The maximum atomic E-state index is 9.65. The minimum Gasteiger partial charge on any atom is -0.396 e. The van der Waals surface area contributed by atoms with Gasteiger partial charge in [-0.15, -0.1) is 0 Å². The fourth-order valence-corrected chi connectivity index (χ4v) is 3.12. The van der Waals surface area contributed by atoms with E-state index in [-0.39, 0.29) is 12.2 Å². The number of unbranched alkanes of at least 4 members (excludes halogenated alkanes) is 13. The number of aliphatic hydroxyl groups is 3. The fourth-order valence-electron chi connectivity index (χ4n) is 3.12. The van der Waals surface area contributed by atoms with Gasteiger partial charge in [0.15, 0.2) is 0 Å². The predicted octanol–water partition coefficient (Wildman–Crippen LogP) is 4.96. The van der Waals surface area contributed by atoms with Crippen LogP contribution in [0.1, 0.15) is 110 Å². The molecule has 2 atom stereocenters. The molecular weight excluding hydrogens is 288 g/mol. The molecule has 0 spiro atoms. The van der Waals surface area contributed by atoms with E-state index in [0.717, 1.165) is 19.3 Å². The summed E-state index contributed by atoms with van der Waals surface area (Å²) in [7, 11) is 0. The average molecular weight is 331 g/mol. The minimum absolute atomic E-state index is 0.321. The van der Waals surface area contributed by atoms with Crippen molar-refractivity contribution in [2.45, 2.75) is 122 Å². The zero-order chi connectivity index (χ0) is 17.2. The summed E-state index contributed by atoms with van der Waals surface area (Å²) in [4.78, 5) is 0. The van der Waals surface area contributed by atoms with Crippen molar-refractivity contribution >= 4 is 0 Å². The van der Waals surface area contributed by atoms with Crippen LogP contribution in [0, 0.1) is 0 Å². The highest BCUT2D eigenvalue weighted by Gasteiger charge is 2.07. The molecule has 3 nitrogen and oxygen atoms in total. The second-order valence-electron chi connectivity index (χ2n) is 7.20. The van der Waals surface area contributed by atoms with Crippen molar-refractivity contribution in [1.29, 1.82) is 0 Å². The number of hydrogen-bond acceptors (Lipinski definition) is 3. The zero-order valence-electron chi connectivity index (χ0n) is 15.5. The summed E-state index contributed by atoms with van der Waals surface area (Å²) in [6.07, 6.45) is 18.6. The lowest BCUT2D eigenvalue weighted by molar-refractivity contribution is 0.0834. The third-order valence-electron chi connectivity index (χ3n) is 4.56. The van der Waals surface area contributed by atoms with Crippen LogP contribution in [-0.2, 0) is 0 Å². The number of aliphatic hydroxyl groups excluding tert-OH is 3. The second-order valence-corrected chi connectivity index (χ2v) is 7.20. The van der Waals surface area contributed by atoms with Crippen LogP contribution in [0.2, 0.25) is 0 Å². The molecule has 0 rings (SSSR count). The van der Waals surface area contributed by atoms with Crippen molar-refractivity contribution in [3.05, 3.63) is 0 Å². The van der Waals surface area contributed by atoms with Crippen LogP contribution in [0.3, 0.4) is 0 Å². The fraction of sp³-hybridized carbons (Fsp3) is 1.00. The van der Waals surface area contributed by atoms with Gasteiger partial charge in [-0.05, 0) is 26.2 Å². The second kappa shape index (κ2) is 18.2. The molecule has 0 aromatic carbocycles. The molecule has 0 saturated heterocycles. The van der Waals surface area contributed by atoms with E-state index in [9.17, 15) is 10.2 Å². The summed E-state index contributed by atoms with van der Waals surface area (Å²) in [6, 6.07) is 0. The molecule has 0 radical (unpaired) electrons. The highest BCUT2D eigenvalue weighted by molar-refractivity contribution is 4.60. The maximum Gasteiger partial charge on any atom is 0.0564 e. The first kappa shape index (κ1) is 22.9. The Labute approximate surface area is 144 Å². The van der Waals surface area contributed by atoms with Gasteiger partial charge in [0, 0.05) is 6.61 Å². The standard InChI is InChI=1S/C20H42O3/c1-19(22)18-20(23)16-14-12-10-8-6-4-2-3-5-7-9-11-13-15-17-21/h19-23H,2-18H2,1H3. The van der Waals surface area contributed by atoms with Gasteiger partial charge in [-0.25, -0.2) is 0 Å². The summed E-state index contributed by atoms with van der Waals surface area (Å²) in [5.74, 6) is 0. The Balaban J connectivity index is 3.05. The summed E-state index contributed by atoms with van der Waals surface area (Å²) in [5, 5.41) is 27.5. The van der Waals surface area contributed by atoms with Crippen LogP contribution in [0.4, 0.5) is 0 Å². The summed E-state index contributed by atoms with van der Waals surface area (Å²) in [6.45, 7) is 2.09. The Morgan fingerprint density at radius 3 is 1.26 bits per heavy atom. The van der Waals surface area contributed by atoms with Gasteiger partial charge < -0.3 is 15.3 Å². The SMILES string of the molecule is CC(O)CC(O)CCCCCCCCCCCCCCCCO. The molecule has 3 N–H and O–H groups in total. The van der Waals surface area contributed by atoms with Gasteiger partial charge in [0.2, 0.25) is 0 Å². The molecule has 0 saturated carbocycles. The lowest BCUT2D eigenvalue weighted by Gasteiger charge is -2.11. The van der Waals surface area contributed by atoms with Crippen molar-refractivity contribution in [2.24, 2.45) is 0 Å². The van der Waals surface area contributed by atoms with Crippen LogP contribution < -0.4 is 0 Å². The summed E-state index contributed by atoms with van der Waals surface area (Å²) in [5.41, 5.74) is 0. The zero-order valence-corrected chi connectivity index (χ0v) is 15.5. The van der Waals surface area contributed by atoms with Crippen LogP contribution >= 0.6 is 0 Å². The van der Waals surface area contributed by atoms with Gasteiger partial charge in [-0.2, -0.15) is 0 Å². The van der Waals surface area contributed by atoms with Gasteiger partial charge >= 0.3 is 0 Å². The van der Waals surface area contributed by atoms with Crippen LogP contribution in [0.15, 0.2) is 0 Å². The van der Waals surface area contributed by atoms with Gasteiger partial charge in [0.05, 0.1) is 12.2 Å². The Bertz CT molecular complexity index is 219. The van der Waals surface area contributed by atoms with Crippen molar-refractivity contribution in [2.75, 3.05) is 6.61 Å². The van der Waals surface area contributed by atoms with E-state index in [2.05, 4.69) is 0 Å². The highest BCUT2D eigenvalue weighted by atomic mass is 16.3. The first-order valence-electron chi connectivity index (χ1n) is 10.1. The van der Waals surface area contributed by atoms with E-state index in [1.54, 1.807) is 6.92 Å². The molecule has 3 heteroatoms. The molecule has 0 aliphatic heterocycles. The van der Waals surface area contributed by atoms with Gasteiger partial charge in [0.25, 0.3) is 0 Å². The lowest BCUT2D eigenvalue weighted by atomic mass is 10.0. The highest BCUT2D eigenvalue weighted by Crippen LogP contribution is 2.14. The average Bonchev–Trinajstić information content (AvgIpc) is 2.50. The van der Waals surface area contributed by atoms with Crippen molar-refractivity contribution < 1.29 is 15.3 Å². The van der Waals surface area contributed by atoms with E-state index >= 15 is 0 Å². The molecular formula is C20H42O3. The molecule has 0 aliphatic rings. The predicted molar refractivity (Wildman–Crippen MR) is 98.6 cm³/mol. The number of hydrogen-bond donors (Lipinski definition) is 3. The molecule has 140 valence electrons. The molecule has 0 fully saturated rings. The maximum absolute atomic E-state index is 9.65. The Hall–Kier alpha value is -0.120. The summed E-state index contributed by atoms with van der Waals surface area (Å²) < 4.78 is 0. The molecule has 0 aromatic rings. The quantitative estimate of drug-likeness (QED) is 0.311. The molecule has 0 amide bonds. The molecule has 0 aromatic heterocycles. The minimum atomic E-state index is -0.384. The first-order valence-corrected chi connectivity index (χ1v) is 10.1. The molecule has 0 bridgehead atoms. The van der Waals surface area contributed by atoms with Crippen LogP contribution in [0.25, 0.3) is 0 Å². The normalized spacial score (nSPS) is 14.1. The number of rotatable bonds is 18. The van der Waals surface area contributed by atoms with Crippen LogP contribution in [-0.4, -0.2) is 34.1 Å². The van der Waals surface area contributed by atoms with E-state index < -0.39 is 0 Å². The smallest absolute Gasteiger partial charge is 0.0564 e. The molecule has 0 aliphatic carbocycles. The Kier molecular flexibility index (Phi) is 18.1. The Morgan fingerprint density at radius 1 is 0.565 bits per heavy atom. The third-order valence-corrected chi connectivity index (χ3v) is 4.56. The van der Waals surface area contributed by atoms with E-state index in [1.807, 2.05) is 0 Å². The monoisotopic (exact) mass is 330 g/mol. The third kappa shape index (κ3) is 19.8. The van der Waals surface area contributed by atoms with Crippen molar-refractivity contribution in [3.63, 3.8) is 0 Å². The largest absolute Gasteiger partial charge is 0.396 e. The molecule has 0 heterocycles. The molecule has 23 heavy (non-hydrogen) atoms. The van der Waals surface area contributed by atoms with Gasteiger partial charge in [-0.1, -0.05) is 83.5 Å². The topological polar surface area (TPSA) is 60.7 Å². The lowest BCUT2D eigenvalue weighted by Crippen LogP contribution is -2.14. The first-order chi connectivity index (χ1) is 11.2. The van der Waals surface area contributed by atoms with E-state index in [1.165, 1.54) is 77.0 Å². The van der Waals surface area contributed by atoms with E-state index in [0.29, 0.717) is 13.0 Å².